The van der Waals surface area contributed by atoms with Crippen LogP contribution in [0.15, 0.2) is 48.6 Å². The van der Waals surface area contributed by atoms with Gasteiger partial charge in [-0.15, -0.1) is 0 Å². The first kappa shape index (κ1) is 45.3. The number of allylic oxidation sites excluding steroid dienone is 8. The van der Waals surface area contributed by atoms with Gasteiger partial charge < -0.3 is 28.6 Å². The molecule has 8 nitrogen and oxygen atoms in total. The molecule has 0 rings (SSSR count). The Morgan fingerprint density at radius 2 is 1.17 bits per heavy atom. The lowest BCUT2D eigenvalue weighted by Gasteiger charge is -2.34. The van der Waals surface area contributed by atoms with Crippen LogP contribution in [0.5, 0.6) is 0 Å². The van der Waals surface area contributed by atoms with Crippen LogP contribution in [0, 0.1) is 0 Å². The van der Waals surface area contributed by atoms with E-state index in [0.29, 0.717) is 12.8 Å². The van der Waals surface area contributed by atoms with Crippen LogP contribution in [0.3, 0.4) is 0 Å². The van der Waals surface area contributed by atoms with E-state index in [2.05, 4.69) is 32.1 Å². The van der Waals surface area contributed by atoms with Crippen molar-refractivity contribution < 1.29 is 38.2 Å². The highest BCUT2D eigenvalue weighted by atomic mass is 16.6. The second-order valence-corrected chi connectivity index (χ2v) is 13.5. The summed E-state index contributed by atoms with van der Waals surface area (Å²) in [6, 6.07) is -0.728. The van der Waals surface area contributed by atoms with E-state index in [1.165, 1.54) is 38.5 Å². The van der Waals surface area contributed by atoms with Crippen molar-refractivity contribution in [2.24, 2.45) is 0 Å². The Morgan fingerprint density at radius 3 is 1.73 bits per heavy atom. The highest BCUT2D eigenvalue weighted by Crippen LogP contribution is 2.13. The molecular weight excluding hydrogens is 606 g/mol. The van der Waals surface area contributed by atoms with Gasteiger partial charge in [-0.2, -0.15) is 0 Å². The third kappa shape index (κ3) is 29.4. The van der Waals surface area contributed by atoms with Crippen molar-refractivity contribution in [3.63, 3.8) is 0 Å². The van der Waals surface area contributed by atoms with Crippen LogP contribution in [-0.4, -0.2) is 75.5 Å². The monoisotopic (exact) mass is 676 g/mol. The number of likely N-dealkylation sites (N-methyl/N-ethyl adjacent to an activating group) is 1. The lowest BCUT2D eigenvalue weighted by molar-refractivity contribution is -0.889. The van der Waals surface area contributed by atoms with Gasteiger partial charge in [0.25, 0.3) is 0 Å². The fraction of sp³-hybridized carbons (Fsp3) is 0.725. The summed E-state index contributed by atoms with van der Waals surface area (Å²) in [5, 5.41) is 11.6. The zero-order valence-electron chi connectivity index (χ0n) is 31.1. The maximum Gasteiger partial charge on any atom is 0.306 e. The highest BCUT2D eigenvalue weighted by molar-refractivity contribution is 5.70. The number of quaternary nitrogens is 1. The first-order valence-electron chi connectivity index (χ1n) is 18.7. The first-order valence-corrected chi connectivity index (χ1v) is 18.7. The minimum absolute atomic E-state index is 0.0306. The largest absolute Gasteiger partial charge is 0.544 e. The lowest BCUT2D eigenvalue weighted by atomic mass is 10.1. The van der Waals surface area contributed by atoms with Gasteiger partial charge in [0.1, 0.15) is 12.6 Å². The van der Waals surface area contributed by atoms with Crippen molar-refractivity contribution in [1.29, 1.82) is 0 Å². The van der Waals surface area contributed by atoms with Crippen molar-refractivity contribution in [1.82, 2.24) is 0 Å². The van der Waals surface area contributed by atoms with E-state index >= 15 is 0 Å². The Kier molecular flexibility index (Phi) is 29.8. The summed E-state index contributed by atoms with van der Waals surface area (Å²) in [6.45, 7) is 4.45. The molecule has 0 aromatic rings. The first-order chi connectivity index (χ1) is 23.1. The van der Waals surface area contributed by atoms with Crippen molar-refractivity contribution in [2.75, 3.05) is 41.0 Å². The number of carbonyl (C=O) groups is 3. The van der Waals surface area contributed by atoms with E-state index in [-0.39, 0.29) is 42.7 Å². The van der Waals surface area contributed by atoms with Gasteiger partial charge in [0, 0.05) is 19.3 Å². The minimum atomic E-state index is -1.13. The standard InChI is InChI=1S/C40H69NO7/c1-6-8-10-12-14-16-17-18-19-20-21-23-25-27-29-31-39(43)48-36(34-46-33-32-37(40(44)45)41(3,4)5)35-47-38(42)30-28-26-24-22-15-13-11-9-7-2/h8,10,12,14,16-19,36-37H,6-7,9,11,13,15,20-35H2,1-5H3/b10-8+,14-12+,17-16+,19-18+. The summed E-state index contributed by atoms with van der Waals surface area (Å²) in [4.78, 5) is 36.6. The molecule has 48 heavy (non-hydrogen) atoms. The predicted molar refractivity (Wildman–Crippen MR) is 194 cm³/mol. The number of esters is 2. The maximum atomic E-state index is 12.6. The molecule has 0 N–H and O–H groups in total. The molecule has 2 atom stereocenters. The van der Waals surface area contributed by atoms with Crippen LogP contribution in [-0.2, 0) is 28.6 Å². The number of unbranched alkanes of at least 4 members (excludes halogenated alkanes) is 13. The Morgan fingerprint density at radius 1 is 0.646 bits per heavy atom. The Balaban J connectivity index is 4.48. The third-order valence-corrected chi connectivity index (χ3v) is 8.07. The molecule has 0 amide bonds. The molecule has 0 bridgehead atoms. The number of ether oxygens (including phenoxy) is 3. The van der Waals surface area contributed by atoms with Gasteiger partial charge in [-0.3, -0.25) is 9.59 Å². The average Bonchev–Trinajstić information content (AvgIpc) is 3.03. The molecule has 0 aliphatic carbocycles. The number of carbonyl (C=O) groups excluding carboxylic acids is 3. The molecule has 0 spiro atoms. The molecule has 0 radical (unpaired) electrons. The SMILES string of the molecule is CC/C=C/C=C/C=C/C=C/CCCCCCCC(=O)OC(COCCC(C(=O)[O-])[N+](C)(C)C)COC(=O)CCCCCCCCCCC. The summed E-state index contributed by atoms with van der Waals surface area (Å²) in [5.41, 5.74) is 0. The minimum Gasteiger partial charge on any atom is -0.544 e. The molecule has 0 saturated heterocycles. The van der Waals surface area contributed by atoms with Crippen molar-refractivity contribution in [3.8, 4) is 0 Å². The van der Waals surface area contributed by atoms with Crippen LogP contribution < -0.4 is 5.11 Å². The summed E-state index contributed by atoms with van der Waals surface area (Å²) >= 11 is 0. The molecule has 0 aliphatic heterocycles. The number of nitrogens with zero attached hydrogens (tertiary/aromatic N) is 1. The average molecular weight is 676 g/mol. The van der Waals surface area contributed by atoms with Gasteiger partial charge in [0.05, 0.1) is 40.3 Å². The quantitative estimate of drug-likeness (QED) is 0.0309. The molecule has 0 fully saturated rings. The van der Waals surface area contributed by atoms with Crippen LogP contribution >= 0.6 is 0 Å². The molecule has 0 heterocycles. The molecule has 0 aliphatic rings. The Hall–Kier alpha value is -2.71. The predicted octanol–water partition coefficient (Wildman–Crippen LogP) is 7.96. The second kappa shape index (κ2) is 31.6. The van der Waals surface area contributed by atoms with Gasteiger partial charge in [0.15, 0.2) is 6.10 Å². The number of rotatable bonds is 32. The number of hydrogen-bond donors (Lipinski definition) is 0. The van der Waals surface area contributed by atoms with Gasteiger partial charge in [0.2, 0.25) is 0 Å². The van der Waals surface area contributed by atoms with Gasteiger partial charge in [-0.25, -0.2) is 0 Å². The molecule has 8 heteroatoms. The van der Waals surface area contributed by atoms with E-state index in [0.717, 1.165) is 64.2 Å². The summed E-state index contributed by atoms with van der Waals surface area (Å²) in [5.74, 6) is -1.78. The van der Waals surface area contributed by atoms with Crippen LogP contribution in [0.2, 0.25) is 0 Å². The molecule has 2 unspecified atom stereocenters. The number of aliphatic carboxylic acids is 1. The van der Waals surface area contributed by atoms with Gasteiger partial charge in [-0.1, -0.05) is 133 Å². The summed E-state index contributed by atoms with van der Waals surface area (Å²) in [6.07, 6.45) is 34.2. The van der Waals surface area contributed by atoms with Crippen molar-refractivity contribution in [3.05, 3.63) is 48.6 Å². The van der Waals surface area contributed by atoms with E-state index in [1.54, 1.807) is 21.1 Å². The zero-order chi connectivity index (χ0) is 35.7. The normalized spacial score (nSPS) is 13.6. The fourth-order valence-corrected chi connectivity index (χ4v) is 5.14. The third-order valence-electron chi connectivity index (χ3n) is 8.07. The molecule has 0 aromatic carbocycles. The van der Waals surface area contributed by atoms with E-state index in [4.69, 9.17) is 14.2 Å². The number of carboxylic acid groups (broad SMARTS) is 1. The molecule has 276 valence electrons. The van der Waals surface area contributed by atoms with E-state index in [9.17, 15) is 19.5 Å². The molecular formula is C40H69NO7. The highest BCUT2D eigenvalue weighted by Gasteiger charge is 2.25. The molecule has 0 saturated carbocycles. The van der Waals surface area contributed by atoms with E-state index < -0.39 is 18.1 Å². The van der Waals surface area contributed by atoms with E-state index in [1.807, 2.05) is 30.4 Å². The molecule has 0 aromatic heterocycles. The number of carboxylic acids is 1. The summed E-state index contributed by atoms with van der Waals surface area (Å²) < 4.78 is 17.0. The maximum absolute atomic E-state index is 12.6. The Bertz CT molecular complexity index is 932. The smallest absolute Gasteiger partial charge is 0.306 e. The number of hydrogen-bond acceptors (Lipinski definition) is 7. The van der Waals surface area contributed by atoms with Gasteiger partial charge >= 0.3 is 11.9 Å². The van der Waals surface area contributed by atoms with Crippen LogP contribution in [0.4, 0.5) is 0 Å². The second-order valence-electron chi connectivity index (χ2n) is 13.5. The zero-order valence-corrected chi connectivity index (χ0v) is 31.1. The Labute approximate surface area is 293 Å². The summed E-state index contributed by atoms with van der Waals surface area (Å²) in [7, 11) is 5.38. The van der Waals surface area contributed by atoms with Crippen molar-refractivity contribution in [2.45, 2.75) is 148 Å². The van der Waals surface area contributed by atoms with Crippen molar-refractivity contribution >= 4 is 17.9 Å². The topological polar surface area (TPSA) is 102 Å². The lowest BCUT2D eigenvalue weighted by Crippen LogP contribution is -2.55. The van der Waals surface area contributed by atoms with Crippen LogP contribution in [0.25, 0.3) is 0 Å². The van der Waals surface area contributed by atoms with Crippen LogP contribution in [0.1, 0.15) is 136 Å². The van der Waals surface area contributed by atoms with Gasteiger partial charge in [-0.05, 0) is 32.1 Å². The fourth-order valence-electron chi connectivity index (χ4n) is 5.14.